The maximum Gasteiger partial charge on any atom is 0.238 e. The average molecular weight is 369 g/mol. The molecule has 0 N–H and O–H groups in total. The van der Waals surface area contributed by atoms with Crippen LogP contribution < -0.4 is 4.90 Å². The molecule has 0 aliphatic rings. The van der Waals surface area contributed by atoms with Gasteiger partial charge in [0.25, 0.3) is 0 Å². The molecular weight excluding hydrogens is 346 g/mol. The van der Waals surface area contributed by atoms with Crippen LogP contribution in [0.3, 0.4) is 0 Å². The van der Waals surface area contributed by atoms with E-state index in [1.807, 2.05) is 38.1 Å². The van der Waals surface area contributed by atoms with Crippen molar-refractivity contribution in [2.75, 3.05) is 18.0 Å². The van der Waals surface area contributed by atoms with Gasteiger partial charge in [0.2, 0.25) is 5.89 Å². The van der Waals surface area contributed by atoms with Gasteiger partial charge in [0.15, 0.2) is 5.58 Å². The molecule has 0 saturated heterocycles. The standard InChI is InChI=1S/C24H23N3O/c1-5-8-18-15-21(27(6-2)7-3)11-10-19(18)14-20(16-25)24-26-22-13-17(4)9-12-23(22)28-24/h9-15H,6-7H2,1-4H3/b20-14-. The number of hydrogen-bond acceptors (Lipinski definition) is 4. The van der Waals surface area contributed by atoms with E-state index in [2.05, 4.69) is 53.8 Å². The highest BCUT2D eigenvalue weighted by Crippen LogP contribution is 2.26. The SMILES string of the molecule is CC#Cc1cc(N(CC)CC)ccc1/C=C(/C#N)c1nc2cc(C)ccc2o1. The normalized spacial score (nSPS) is 11.0. The Morgan fingerprint density at radius 3 is 2.64 bits per heavy atom. The van der Waals surface area contributed by atoms with Crippen LogP contribution in [0.2, 0.25) is 0 Å². The molecule has 3 rings (SSSR count). The Morgan fingerprint density at radius 1 is 1.18 bits per heavy atom. The quantitative estimate of drug-likeness (QED) is 0.445. The number of nitrogens with zero attached hydrogens (tertiary/aromatic N) is 3. The molecule has 28 heavy (non-hydrogen) atoms. The van der Waals surface area contributed by atoms with Crippen LogP contribution >= 0.6 is 0 Å². The second-order valence-electron chi connectivity index (χ2n) is 6.48. The lowest BCUT2D eigenvalue weighted by molar-refractivity contribution is 0.586. The highest BCUT2D eigenvalue weighted by molar-refractivity contribution is 5.90. The van der Waals surface area contributed by atoms with E-state index in [-0.39, 0.29) is 0 Å². The molecule has 1 aromatic heterocycles. The lowest BCUT2D eigenvalue weighted by atomic mass is 10.0. The molecule has 4 nitrogen and oxygen atoms in total. The van der Waals surface area contributed by atoms with Gasteiger partial charge in [0.05, 0.1) is 0 Å². The number of aryl methyl sites for hydroxylation is 1. The van der Waals surface area contributed by atoms with Crippen molar-refractivity contribution in [2.45, 2.75) is 27.7 Å². The van der Waals surface area contributed by atoms with Gasteiger partial charge in [-0.1, -0.05) is 18.1 Å². The zero-order valence-corrected chi connectivity index (χ0v) is 16.7. The topological polar surface area (TPSA) is 53.1 Å². The van der Waals surface area contributed by atoms with Crippen LogP contribution in [0.1, 0.15) is 43.4 Å². The van der Waals surface area contributed by atoms with E-state index in [9.17, 15) is 5.26 Å². The third kappa shape index (κ3) is 3.92. The number of rotatable bonds is 5. The van der Waals surface area contributed by atoms with Crippen molar-refractivity contribution in [1.82, 2.24) is 4.98 Å². The first-order valence-corrected chi connectivity index (χ1v) is 9.40. The molecule has 0 amide bonds. The van der Waals surface area contributed by atoms with Crippen LogP contribution in [-0.4, -0.2) is 18.1 Å². The van der Waals surface area contributed by atoms with Crippen molar-refractivity contribution < 1.29 is 4.42 Å². The second-order valence-corrected chi connectivity index (χ2v) is 6.48. The van der Waals surface area contributed by atoms with E-state index in [0.717, 1.165) is 41.0 Å². The van der Waals surface area contributed by atoms with Gasteiger partial charge in [-0.3, -0.25) is 0 Å². The summed E-state index contributed by atoms with van der Waals surface area (Å²) < 4.78 is 5.80. The predicted octanol–water partition coefficient (Wildman–Crippen LogP) is 5.42. The molecule has 0 bridgehead atoms. The van der Waals surface area contributed by atoms with Crippen molar-refractivity contribution in [2.24, 2.45) is 0 Å². The third-order valence-electron chi connectivity index (χ3n) is 4.62. The molecule has 0 aliphatic heterocycles. The van der Waals surface area contributed by atoms with Gasteiger partial charge in [-0.05, 0) is 69.2 Å². The average Bonchev–Trinajstić information content (AvgIpc) is 3.11. The van der Waals surface area contributed by atoms with Gasteiger partial charge in [-0.2, -0.15) is 5.26 Å². The Kier molecular flexibility index (Phi) is 5.82. The second kappa shape index (κ2) is 8.46. The number of fused-ring (bicyclic) bond motifs is 1. The van der Waals surface area contributed by atoms with Gasteiger partial charge in [-0.25, -0.2) is 4.98 Å². The highest BCUT2D eigenvalue weighted by Gasteiger charge is 2.13. The van der Waals surface area contributed by atoms with E-state index in [0.29, 0.717) is 17.0 Å². The van der Waals surface area contributed by atoms with Crippen molar-refractivity contribution in [3.63, 3.8) is 0 Å². The first-order chi connectivity index (χ1) is 13.6. The van der Waals surface area contributed by atoms with Gasteiger partial charge in [-0.15, -0.1) is 5.92 Å². The fraction of sp³-hybridized carbons (Fsp3) is 0.250. The van der Waals surface area contributed by atoms with Gasteiger partial charge >= 0.3 is 0 Å². The first kappa shape index (κ1) is 19.3. The minimum Gasteiger partial charge on any atom is -0.435 e. The fourth-order valence-electron chi connectivity index (χ4n) is 3.15. The van der Waals surface area contributed by atoms with Crippen molar-refractivity contribution >= 4 is 28.4 Å². The summed E-state index contributed by atoms with van der Waals surface area (Å²) in [6.45, 7) is 9.93. The Bertz CT molecular complexity index is 1130. The number of benzene rings is 2. The molecule has 0 aliphatic carbocycles. The molecule has 0 fully saturated rings. The van der Waals surface area contributed by atoms with Crippen molar-refractivity contribution in [1.29, 1.82) is 5.26 Å². The van der Waals surface area contributed by atoms with Crippen LogP contribution in [0, 0.1) is 30.1 Å². The van der Waals surface area contributed by atoms with E-state index >= 15 is 0 Å². The Hall–Kier alpha value is -3.50. The predicted molar refractivity (Wildman–Crippen MR) is 115 cm³/mol. The number of anilines is 1. The van der Waals surface area contributed by atoms with E-state index < -0.39 is 0 Å². The molecule has 0 radical (unpaired) electrons. The maximum absolute atomic E-state index is 9.70. The smallest absolute Gasteiger partial charge is 0.238 e. The van der Waals surface area contributed by atoms with Crippen molar-refractivity contribution in [3.05, 3.63) is 59.0 Å². The molecule has 3 aromatic rings. The molecule has 1 heterocycles. The van der Waals surface area contributed by atoms with Gasteiger partial charge in [0, 0.05) is 24.3 Å². The molecule has 0 spiro atoms. The summed E-state index contributed by atoms with van der Waals surface area (Å²) in [5.41, 5.74) is 5.78. The summed E-state index contributed by atoms with van der Waals surface area (Å²) in [4.78, 5) is 6.75. The summed E-state index contributed by atoms with van der Waals surface area (Å²) in [6, 6.07) is 14.1. The molecular formula is C24H23N3O. The minimum atomic E-state index is 0.325. The first-order valence-electron chi connectivity index (χ1n) is 9.40. The summed E-state index contributed by atoms with van der Waals surface area (Å²) in [7, 11) is 0. The number of aromatic nitrogens is 1. The molecule has 2 aromatic carbocycles. The largest absolute Gasteiger partial charge is 0.435 e. The highest BCUT2D eigenvalue weighted by atomic mass is 16.3. The zero-order valence-electron chi connectivity index (χ0n) is 16.7. The minimum absolute atomic E-state index is 0.325. The van der Waals surface area contributed by atoms with Crippen LogP contribution in [0.25, 0.3) is 22.7 Å². The number of hydrogen-bond donors (Lipinski definition) is 0. The molecule has 0 atom stereocenters. The monoisotopic (exact) mass is 369 g/mol. The van der Waals surface area contributed by atoms with Crippen LogP contribution in [0.4, 0.5) is 5.69 Å². The fourth-order valence-corrected chi connectivity index (χ4v) is 3.15. The number of allylic oxidation sites excluding steroid dienone is 1. The third-order valence-corrected chi connectivity index (χ3v) is 4.62. The van der Waals surface area contributed by atoms with E-state index in [1.165, 1.54) is 0 Å². The molecule has 0 unspecified atom stereocenters. The van der Waals surface area contributed by atoms with Crippen LogP contribution in [0.5, 0.6) is 0 Å². The summed E-state index contributed by atoms with van der Waals surface area (Å²) in [6.07, 6.45) is 1.79. The van der Waals surface area contributed by atoms with Crippen molar-refractivity contribution in [3.8, 4) is 17.9 Å². The molecule has 0 saturated carbocycles. The molecule has 140 valence electrons. The van der Waals surface area contributed by atoms with Crippen LogP contribution in [-0.2, 0) is 0 Å². The van der Waals surface area contributed by atoms with E-state index in [1.54, 1.807) is 6.08 Å². The van der Waals surface area contributed by atoms with Gasteiger partial charge < -0.3 is 9.32 Å². The number of nitriles is 1. The summed E-state index contributed by atoms with van der Waals surface area (Å²) in [5.74, 6) is 6.44. The lowest BCUT2D eigenvalue weighted by Gasteiger charge is -2.21. The Balaban J connectivity index is 2.07. The summed E-state index contributed by atoms with van der Waals surface area (Å²) >= 11 is 0. The van der Waals surface area contributed by atoms with Gasteiger partial charge in [0.1, 0.15) is 17.2 Å². The summed E-state index contributed by atoms with van der Waals surface area (Å²) in [5, 5.41) is 9.70. The zero-order chi connectivity index (χ0) is 20.1. The Labute approximate surface area is 166 Å². The molecule has 4 heteroatoms. The maximum atomic E-state index is 9.70. The lowest BCUT2D eigenvalue weighted by Crippen LogP contribution is -2.21. The Morgan fingerprint density at radius 2 is 1.96 bits per heavy atom. The van der Waals surface area contributed by atoms with E-state index in [4.69, 9.17) is 4.42 Å². The number of oxazole rings is 1. The van der Waals surface area contributed by atoms with Crippen LogP contribution in [0.15, 0.2) is 40.8 Å².